The number of urea groups is 1. The van der Waals surface area contributed by atoms with Gasteiger partial charge in [0.2, 0.25) is 0 Å². The van der Waals surface area contributed by atoms with Crippen molar-refractivity contribution in [2.75, 3.05) is 16.4 Å². The number of halogens is 4. The van der Waals surface area contributed by atoms with Crippen LogP contribution in [-0.2, 0) is 6.18 Å². The number of fused-ring (bicyclic) bond motifs is 2. The summed E-state index contributed by atoms with van der Waals surface area (Å²) in [5, 5.41) is 5.70. The normalized spacial score (nSPS) is 11.5. The summed E-state index contributed by atoms with van der Waals surface area (Å²) in [7, 11) is 0. The maximum Gasteiger partial charge on any atom is 0.416 e. The first kappa shape index (κ1) is 24.5. The number of anilines is 3. The van der Waals surface area contributed by atoms with Crippen LogP contribution in [0.1, 0.15) is 5.56 Å². The van der Waals surface area contributed by atoms with Gasteiger partial charge in [0.15, 0.2) is 22.7 Å². The topological polar surface area (TPSA) is 135 Å². The Morgan fingerprint density at radius 3 is 2.45 bits per heavy atom. The van der Waals surface area contributed by atoms with Crippen molar-refractivity contribution < 1.29 is 27.1 Å². The van der Waals surface area contributed by atoms with Crippen molar-refractivity contribution in [1.82, 2.24) is 15.0 Å². The molecule has 2 amide bonds. The fraction of sp³-hybridized carbons (Fsp3) is 0.0400. The van der Waals surface area contributed by atoms with Crippen LogP contribution in [0.15, 0.2) is 71.7 Å². The van der Waals surface area contributed by atoms with Crippen molar-refractivity contribution in [2.24, 2.45) is 0 Å². The Kier molecular flexibility index (Phi) is 6.03. The summed E-state index contributed by atoms with van der Waals surface area (Å²) in [5.41, 5.74) is 3.98. The number of carbonyl (C=O) groups excluding carboxylic acids is 1. The van der Waals surface area contributed by atoms with E-state index in [2.05, 4.69) is 25.6 Å². The molecule has 192 valence electrons. The second-order valence-corrected chi connectivity index (χ2v) is 7.99. The smallest absolute Gasteiger partial charge is 0.416 e. The molecule has 3 aromatic carbocycles. The minimum atomic E-state index is -4.71. The zero-order valence-electron chi connectivity index (χ0n) is 19.1. The molecule has 0 spiro atoms. The fourth-order valence-electron chi connectivity index (χ4n) is 3.72. The van der Waals surface area contributed by atoms with Gasteiger partial charge in [-0.3, -0.25) is 4.79 Å². The number of nitrogens with two attached hydrogens (primary N) is 1. The van der Waals surface area contributed by atoms with Gasteiger partial charge in [-0.1, -0.05) is 24.3 Å². The van der Waals surface area contributed by atoms with Gasteiger partial charge < -0.3 is 26.1 Å². The zero-order valence-corrected chi connectivity index (χ0v) is 19.1. The number of hydrogen-bond donors (Lipinski definition) is 4. The number of rotatable bonds is 4. The quantitative estimate of drug-likeness (QED) is 0.225. The molecule has 38 heavy (non-hydrogen) atoms. The van der Waals surface area contributed by atoms with Crippen LogP contribution >= 0.6 is 0 Å². The van der Waals surface area contributed by atoms with Gasteiger partial charge >= 0.3 is 12.2 Å². The standard InChI is InChI=1S/C25H16F4N6O3/c26-15-6-5-12(25(27,28)29)11-17(15)33-24(37)32-16-7-8-18(14-4-2-1-3-13(14)16)38-19-9-10-31-22-20(19)34-21(30)23(36)35-22/h1-11H,(H2,30,34)(H,31,35,36)(H2,32,33,37). The Balaban J connectivity index is 1.45. The number of hydrogen-bond acceptors (Lipinski definition) is 6. The van der Waals surface area contributed by atoms with E-state index >= 15 is 0 Å². The molecular weight excluding hydrogens is 508 g/mol. The molecule has 0 saturated carbocycles. The zero-order chi connectivity index (χ0) is 27.0. The fourth-order valence-corrected chi connectivity index (χ4v) is 3.72. The lowest BCUT2D eigenvalue weighted by Gasteiger charge is -2.15. The van der Waals surface area contributed by atoms with Crippen molar-refractivity contribution in [1.29, 1.82) is 0 Å². The van der Waals surface area contributed by atoms with E-state index in [0.29, 0.717) is 34.7 Å². The van der Waals surface area contributed by atoms with Crippen molar-refractivity contribution in [3.63, 3.8) is 0 Å². The third-order valence-corrected chi connectivity index (χ3v) is 5.48. The molecule has 0 aliphatic heterocycles. The summed E-state index contributed by atoms with van der Waals surface area (Å²) < 4.78 is 59.1. The SMILES string of the molecule is Nc1nc2c(Oc3ccc(NC(=O)Nc4cc(C(F)(F)F)ccc4F)c4ccccc34)ccnc2[nH]c1=O. The monoisotopic (exact) mass is 524 g/mol. The number of ether oxygens (including phenoxy) is 1. The molecule has 0 aliphatic rings. The Labute approximate surface area is 210 Å². The van der Waals surface area contributed by atoms with Gasteiger partial charge in [-0.15, -0.1) is 0 Å². The number of nitrogens with zero attached hydrogens (tertiary/aromatic N) is 2. The first-order chi connectivity index (χ1) is 18.1. The summed E-state index contributed by atoms with van der Waals surface area (Å²) in [5.74, 6) is -0.680. The third kappa shape index (κ3) is 4.76. The Morgan fingerprint density at radius 1 is 0.947 bits per heavy atom. The minimum absolute atomic E-state index is 0.169. The van der Waals surface area contributed by atoms with Gasteiger partial charge in [0.1, 0.15) is 11.6 Å². The van der Waals surface area contributed by atoms with Crippen LogP contribution in [0.25, 0.3) is 21.9 Å². The Morgan fingerprint density at radius 2 is 1.68 bits per heavy atom. The second-order valence-electron chi connectivity index (χ2n) is 7.99. The van der Waals surface area contributed by atoms with Crippen LogP contribution in [0.4, 0.5) is 39.5 Å². The highest BCUT2D eigenvalue weighted by atomic mass is 19.4. The lowest BCUT2D eigenvalue weighted by atomic mass is 10.1. The van der Waals surface area contributed by atoms with E-state index in [0.717, 1.165) is 0 Å². The highest BCUT2D eigenvalue weighted by Gasteiger charge is 2.31. The van der Waals surface area contributed by atoms with E-state index < -0.39 is 34.8 Å². The first-order valence-corrected chi connectivity index (χ1v) is 10.9. The number of carbonyl (C=O) groups is 1. The van der Waals surface area contributed by atoms with Crippen LogP contribution in [0, 0.1) is 5.82 Å². The van der Waals surface area contributed by atoms with Crippen LogP contribution in [-0.4, -0.2) is 21.0 Å². The van der Waals surface area contributed by atoms with Gasteiger partial charge in [0, 0.05) is 23.0 Å². The first-order valence-electron chi connectivity index (χ1n) is 10.9. The van der Waals surface area contributed by atoms with Crippen LogP contribution in [0.2, 0.25) is 0 Å². The maximum absolute atomic E-state index is 14.1. The molecule has 0 aliphatic carbocycles. The lowest BCUT2D eigenvalue weighted by Crippen LogP contribution is -2.21. The average molecular weight is 524 g/mol. The number of benzene rings is 3. The van der Waals surface area contributed by atoms with E-state index in [1.165, 1.54) is 18.3 Å². The summed E-state index contributed by atoms with van der Waals surface area (Å²) in [4.78, 5) is 34.9. The van der Waals surface area contributed by atoms with Crippen LogP contribution in [0.5, 0.6) is 11.5 Å². The largest absolute Gasteiger partial charge is 0.454 e. The maximum atomic E-state index is 14.1. The van der Waals surface area contributed by atoms with Gasteiger partial charge in [0.05, 0.1) is 16.9 Å². The molecule has 5 rings (SSSR count). The number of nitrogens with one attached hydrogen (secondary N) is 3. The average Bonchev–Trinajstić information content (AvgIpc) is 2.87. The number of aromatic nitrogens is 3. The molecule has 0 fully saturated rings. The molecule has 0 saturated heterocycles. The molecule has 2 aromatic heterocycles. The number of nitrogen functional groups attached to an aromatic ring is 1. The predicted octanol–water partition coefficient (Wildman–Crippen LogP) is 5.65. The molecule has 13 heteroatoms. The number of H-pyrrole nitrogens is 1. The van der Waals surface area contributed by atoms with E-state index in [-0.39, 0.29) is 28.4 Å². The summed E-state index contributed by atoms with van der Waals surface area (Å²) in [6.07, 6.45) is -3.29. The molecular formula is C25H16F4N6O3. The lowest BCUT2D eigenvalue weighted by molar-refractivity contribution is -0.137. The van der Waals surface area contributed by atoms with E-state index in [1.807, 2.05) is 0 Å². The molecule has 0 radical (unpaired) electrons. The Bertz CT molecular complexity index is 1770. The van der Waals surface area contributed by atoms with Crippen LogP contribution < -0.4 is 26.7 Å². The summed E-state index contributed by atoms with van der Waals surface area (Å²) in [6.45, 7) is 0. The van der Waals surface area contributed by atoms with Crippen LogP contribution in [0.3, 0.4) is 0 Å². The van der Waals surface area contributed by atoms with E-state index in [1.54, 1.807) is 30.3 Å². The van der Waals surface area contributed by atoms with E-state index in [4.69, 9.17) is 10.5 Å². The molecule has 2 heterocycles. The highest BCUT2D eigenvalue weighted by molar-refractivity contribution is 6.07. The van der Waals surface area contributed by atoms with Gasteiger partial charge in [0.25, 0.3) is 5.56 Å². The number of amides is 2. The molecule has 0 unspecified atom stereocenters. The molecule has 0 atom stereocenters. The Hall–Kier alpha value is -5.20. The second kappa shape index (κ2) is 9.35. The van der Waals surface area contributed by atoms with Gasteiger partial charge in [-0.25, -0.2) is 19.2 Å². The van der Waals surface area contributed by atoms with Gasteiger partial charge in [-0.2, -0.15) is 13.2 Å². The predicted molar refractivity (Wildman–Crippen MR) is 133 cm³/mol. The molecule has 5 aromatic rings. The summed E-state index contributed by atoms with van der Waals surface area (Å²) >= 11 is 0. The van der Waals surface area contributed by atoms with Gasteiger partial charge in [-0.05, 0) is 30.3 Å². The number of pyridine rings is 1. The third-order valence-electron chi connectivity index (χ3n) is 5.48. The van der Waals surface area contributed by atoms with Crippen molar-refractivity contribution >= 4 is 45.2 Å². The number of alkyl halides is 3. The molecule has 5 N–H and O–H groups in total. The van der Waals surface area contributed by atoms with E-state index in [9.17, 15) is 27.2 Å². The molecule has 0 bridgehead atoms. The highest BCUT2D eigenvalue weighted by Crippen LogP contribution is 2.36. The summed E-state index contributed by atoms with van der Waals surface area (Å²) in [6, 6.07) is 12.2. The van der Waals surface area contributed by atoms with Crippen molar-refractivity contribution in [3.8, 4) is 11.5 Å². The molecule has 9 nitrogen and oxygen atoms in total. The van der Waals surface area contributed by atoms with Crippen molar-refractivity contribution in [2.45, 2.75) is 6.18 Å². The van der Waals surface area contributed by atoms with Crippen molar-refractivity contribution in [3.05, 3.63) is 88.6 Å². The number of aromatic amines is 1. The minimum Gasteiger partial charge on any atom is -0.454 e.